The minimum Gasteiger partial charge on any atom is -0.491 e. The number of ether oxygens (including phenoxy) is 1. The number of benzene rings is 1. The standard InChI is InChI=1S/C27H24N6OS/c1-33(2)7-8-34-19-10-18(13-28-14-19)24-12-22-26(15-29-24)31-32-27(22)25-11-21-20(17-6-9-35-16-17)4-3-5-23(21)30-25/h3-6,9-16,30H,7-8H2,1-2H3,(H,31,32). The predicted molar refractivity (Wildman–Crippen MR) is 142 cm³/mol. The van der Waals surface area contributed by atoms with Crippen molar-refractivity contribution < 1.29 is 4.74 Å². The van der Waals surface area contributed by atoms with Gasteiger partial charge in [0.25, 0.3) is 0 Å². The second-order valence-electron chi connectivity index (χ2n) is 8.71. The zero-order valence-electron chi connectivity index (χ0n) is 19.4. The zero-order chi connectivity index (χ0) is 23.8. The Morgan fingerprint density at radius 2 is 1.91 bits per heavy atom. The van der Waals surface area contributed by atoms with Crippen molar-refractivity contribution in [2.45, 2.75) is 0 Å². The van der Waals surface area contributed by atoms with Gasteiger partial charge >= 0.3 is 0 Å². The maximum absolute atomic E-state index is 5.87. The first-order chi connectivity index (χ1) is 17.2. The third kappa shape index (κ3) is 4.18. The number of rotatable bonds is 7. The Morgan fingerprint density at radius 3 is 2.77 bits per heavy atom. The number of thiophene rings is 1. The average molecular weight is 481 g/mol. The van der Waals surface area contributed by atoms with Gasteiger partial charge in [-0.15, -0.1) is 0 Å². The molecule has 1 aromatic carbocycles. The van der Waals surface area contributed by atoms with Gasteiger partial charge in [0.1, 0.15) is 18.1 Å². The molecule has 0 bridgehead atoms. The lowest BCUT2D eigenvalue weighted by Gasteiger charge is -2.11. The molecule has 0 saturated heterocycles. The van der Waals surface area contributed by atoms with E-state index in [1.54, 1.807) is 17.5 Å². The highest BCUT2D eigenvalue weighted by molar-refractivity contribution is 7.08. The smallest absolute Gasteiger partial charge is 0.138 e. The van der Waals surface area contributed by atoms with Crippen LogP contribution in [-0.2, 0) is 0 Å². The fourth-order valence-corrected chi connectivity index (χ4v) is 4.87. The first-order valence-electron chi connectivity index (χ1n) is 11.4. The molecule has 0 atom stereocenters. The van der Waals surface area contributed by atoms with E-state index >= 15 is 0 Å². The summed E-state index contributed by atoms with van der Waals surface area (Å²) in [5, 5.41) is 14.2. The quantitative estimate of drug-likeness (QED) is 0.300. The SMILES string of the molecule is CN(C)CCOc1cncc(-c2cc3c(-c4cc5c(-c6ccsc6)cccc5[nH]4)n[nH]c3cn2)c1. The lowest BCUT2D eigenvalue weighted by molar-refractivity contribution is 0.261. The van der Waals surface area contributed by atoms with Gasteiger partial charge in [0.05, 0.1) is 29.3 Å². The largest absolute Gasteiger partial charge is 0.491 e. The number of nitrogens with zero attached hydrogens (tertiary/aromatic N) is 4. The molecule has 0 aliphatic carbocycles. The summed E-state index contributed by atoms with van der Waals surface area (Å²) in [5.41, 5.74) is 7.95. The number of H-pyrrole nitrogens is 2. The molecule has 6 aromatic rings. The van der Waals surface area contributed by atoms with Gasteiger partial charge in [0, 0.05) is 34.6 Å². The Labute approximate surface area is 206 Å². The van der Waals surface area contributed by atoms with Crippen molar-refractivity contribution in [2.75, 3.05) is 27.2 Å². The molecule has 5 heterocycles. The molecule has 0 saturated carbocycles. The molecule has 0 fully saturated rings. The monoisotopic (exact) mass is 480 g/mol. The van der Waals surface area contributed by atoms with E-state index in [0.29, 0.717) is 6.61 Å². The summed E-state index contributed by atoms with van der Waals surface area (Å²) in [6, 6.07) is 14.7. The maximum Gasteiger partial charge on any atom is 0.138 e. The molecule has 174 valence electrons. The molecule has 0 radical (unpaired) electrons. The van der Waals surface area contributed by atoms with E-state index in [2.05, 4.69) is 77.2 Å². The Bertz CT molecular complexity index is 1620. The number of nitrogens with one attached hydrogen (secondary N) is 2. The maximum atomic E-state index is 5.87. The van der Waals surface area contributed by atoms with E-state index in [9.17, 15) is 0 Å². The highest BCUT2D eigenvalue weighted by Crippen LogP contribution is 2.35. The van der Waals surface area contributed by atoms with Gasteiger partial charge in [0.2, 0.25) is 0 Å². The third-order valence-corrected chi connectivity index (χ3v) is 6.70. The lowest BCUT2D eigenvalue weighted by atomic mass is 10.0. The van der Waals surface area contributed by atoms with Crippen molar-refractivity contribution >= 4 is 33.1 Å². The minimum absolute atomic E-state index is 0.601. The number of likely N-dealkylation sites (N-methyl/N-ethyl adjacent to an activating group) is 1. The highest BCUT2D eigenvalue weighted by Gasteiger charge is 2.15. The van der Waals surface area contributed by atoms with Crippen LogP contribution in [0.5, 0.6) is 5.75 Å². The summed E-state index contributed by atoms with van der Waals surface area (Å²) < 4.78 is 5.87. The average Bonchev–Trinajstić information content (AvgIpc) is 3.62. The number of pyridine rings is 2. The molecule has 6 rings (SSSR count). The van der Waals surface area contributed by atoms with Crippen molar-refractivity contribution in [3.05, 3.63) is 71.8 Å². The van der Waals surface area contributed by atoms with Gasteiger partial charge in [-0.3, -0.25) is 15.1 Å². The molecule has 5 aromatic heterocycles. The number of hydrogen-bond donors (Lipinski definition) is 2. The van der Waals surface area contributed by atoms with Gasteiger partial charge in [-0.2, -0.15) is 16.4 Å². The van der Waals surface area contributed by atoms with Crippen LogP contribution in [0, 0.1) is 0 Å². The summed E-state index contributed by atoms with van der Waals surface area (Å²) >= 11 is 1.70. The fourth-order valence-electron chi connectivity index (χ4n) is 4.22. The summed E-state index contributed by atoms with van der Waals surface area (Å²) in [4.78, 5) is 14.6. The molecule has 35 heavy (non-hydrogen) atoms. The fraction of sp³-hybridized carbons (Fsp3) is 0.148. The number of aromatic nitrogens is 5. The second-order valence-corrected chi connectivity index (χ2v) is 9.49. The van der Waals surface area contributed by atoms with Gasteiger partial charge in [-0.25, -0.2) is 0 Å². The molecule has 0 aliphatic rings. The summed E-state index contributed by atoms with van der Waals surface area (Å²) in [7, 11) is 4.05. The Morgan fingerprint density at radius 1 is 0.971 bits per heavy atom. The Balaban J connectivity index is 1.38. The lowest BCUT2D eigenvalue weighted by Crippen LogP contribution is -2.19. The van der Waals surface area contributed by atoms with Crippen LogP contribution in [0.3, 0.4) is 0 Å². The van der Waals surface area contributed by atoms with E-state index < -0.39 is 0 Å². The number of hydrogen-bond acceptors (Lipinski definition) is 6. The summed E-state index contributed by atoms with van der Waals surface area (Å²) in [6.45, 7) is 1.44. The first-order valence-corrected chi connectivity index (χ1v) is 12.3. The molecular formula is C27H24N6OS. The zero-order valence-corrected chi connectivity index (χ0v) is 20.3. The van der Waals surface area contributed by atoms with Gasteiger partial charge in [0.15, 0.2) is 0 Å². The van der Waals surface area contributed by atoms with Gasteiger partial charge in [-0.05, 0) is 66.3 Å². The molecule has 0 spiro atoms. The predicted octanol–water partition coefficient (Wildman–Crippen LogP) is 5.84. The van der Waals surface area contributed by atoms with Crippen LogP contribution in [-0.4, -0.2) is 57.3 Å². The molecule has 0 amide bonds. The molecule has 7 nitrogen and oxygen atoms in total. The summed E-state index contributed by atoms with van der Waals surface area (Å²) in [5.74, 6) is 0.732. The van der Waals surface area contributed by atoms with E-state index in [-0.39, 0.29) is 0 Å². The van der Waals surface area contributed by atoms with Gasteiger partial charge < -0.3 is 14.6 Å². The molecule has 8 heteroatoms. The molecular weight excluding hydrogens is 456 g/mol. The highest BCUT2D eigenvalue weighted by atomic mass is 32.1. The van der Waals surface area contributed by atoms with Crippen LogP contribution < -0.4 is 4.74 Å². The Kier molecular flexibility index (Phi) is 5.52. The Hall–Kier alpha value is -4.01. The van der Waals surface area contributed by atoms with E-state index in [0.717, 1.165) is 51.4 Å². The van der Waals surface area contributed by atoms with Crippen LogP contribution in [0.4, 0.5) is 0 Å². The van der Waals surface area contributed by atoms with E-state index in [1.807, 2.05) is 32.6 Å². The topological polar surface area (TPSA) is 82.7 Å². The van der Waals surface area contributed by atoms with Crippen molar-refractivity contribution in [1.29, 1.82) is 0 Å². The first kappa shape index (κ1) is 21.5. The van der Waals surface area contributed by atoms with Crippen molar-refractivity contribution in [2.24, 2.45) is 0 Å². The third-order valence-electron chi connectivity index (χ3n) is 6.01. The van der Waals surface area contributed by atoms with Crippen LogP contribution in [0.15, 0.2) is 71.8 Å². The normalized spacial score (nSPS) is 11.6. The van der Waals surface area contributed by atoms with E-state index in [4.69, 9.17) is 4.74 Å². The molecule has 2 N–H and O–H groups in total. The number of fused-ring (bicyclic) bond motifs is 2. The van der Waals surface area contributed by atoms with Crippen LogP contribution in [0.1, 0.15) is 0 Å². The second kappa shape index (κ2) is 8.98. The van der Waals surface area contributed by atoms with Crippen LogP contribution >= 0.6 is 11.3 Å². The van der Waals surface area contributed by atoms with E-state index in [1.165, 1.54) is 16.5 Å². The minimum atomic E-state index is 0.601. The van der Waals surface area contributed by atoms with Gasteiger partial charge in [-0.1, -0.05) is 12.1 Å². The van der Waals surface area contributed by atoms with Crippen LogP contribution in [0.2, 0.25) is 0 Å². The van der Waals surface area contributed by atoms with Crippen molar-refractivity contribution in [3.8, 4) is 39.5 Å². The summed E-state index contributed by atoms with van der Waals surface area (Å²) in [6.07, 6.45) is 5.36. The van der Waals surface area contributed by atoms with Crippen LogP contribution in [0.25, 0.3) is 55.6 Å². The molecule has 0 aliphatic heterocycles. The number of aromatic amines is 2. The molecule has 0 unspecified atom stereocenters. The van der Waals surface area contributed by atoms with Crippen molar-refractivity contribution in [3.63, 3.8) is 0 Å². The van der Waals surface area contributed by atoms with Crippen molar-refractivity contribution in [1.82, 2.24) is 30.0 Å².